The fourth-order valence-electron chi connectivity index (χ4n) is 1.71. The molecule has 21 heavy (non-hydrogen) atoms. The second kappa shape index (κ2) is 7.64. The lowest BCUT2D eigenvalue weighted by atomic mass is 10.0. The van der Waals surface area contributed by atoms with E-state index in [1.165, 1.54) is 14.2 Å². The van der Waals surface area contributed by atoms with Crippen molar-refractivity contribution in [3.63, 3.8) is 0 Å². The summed E-state index contributed by atoms with van der Waals surface area (Å²) in [5.41, 5.74) is 0.482. The van der Waals surface area contributed by atoms with E-state index in [0.29, 0.717) is 11.3 Å². The number of carbonyl (C=O) groups excluding carboxylic acids is 2. The van der Waals surface area contributed by atoms with Crippen LogP contribution in [0.5, 0.6) is 5.75 Å². The number of ether oxygens (including phenoxy) is 2. The molecule has 2 atom stereocenters. The van der Waals surface area contributed by atoms with E-state index in [2.05, 4.69) is 10.1 Å². The van der Waals surface area contributed by atoms with Gasteiger partial charge in [0.25, 0.3) is 0 Å². The van der Waals surface area contributed by atoms with Crippen molar-refractivity contribution in [1.82, 2.24) is 5.32 Å². The predicted octanol–water partition coefficient (Wildman–Crippen LogP) is 1.04. The fourth-order valence-corrected chi connectivity index (χ4v) is 1.71. The summed E-state index contributed by atoms with van der Waals surface area (Å²) in [6.45, 7) is 3.40. The molecule has 0 radical (unpaired) electrons. The van der Waals surface area contributed by atoms with Crippen LogP contribution in [-0.4, -0.2) is 37.2 Å². The maximum atomic E-state index is 11.8. The number of benzene rings is 1. The predicted molar refractivity (Wildman–Crippen MR) is 76.7 cm³/mol. The smallest absolute Gasteiger partial charge is 0.331 e. The summed E-state index contributed by atoms with van der Waals surface area (Å²) in [6, 6.07) is 5.43. The van der Waals surface area contributed by atoms with Crippen molar-refractivity contribution in [2.75, 3.05) is 14.2 Å². The van der Waals surface area contributed by atoms with E-state index in [4.69, 9.17) is 4.74 Å². The number of methoxy groups -OCH3 is 2. The van der Waals surface area contributed by atoms with Crippen LogP contribution in [0.1, 0.15) is 25.5 Å². The molecule has 2 unspecified atom stereocenters. The van der Waals surface area contributed by atoms with Crippen LogP contribution in [0, 0.1) is 5.92 Å². The van der Waals surface area contributed by atoms with E-state index >= 15 is 0 Å². The summed E-state index contributed by atoms with van der Waals surface area (Å²) in [7, 11) is 2.74. The summed E-state index contributed by atoms with van der Waals surface area (Å²) < 4.78 is 9.67. The molecule has 0 saturated heterocycles. The largest absolute Gasteiger partial charge is 0.497 e. The molecule has 6 heteroatoms. The van der Waals surface area contributed by atoms with Crippen LogP contribution in [-0.2, 0) is 14.3 Å². The molecule has 0 aliphatic rings. The Bertz CT molecular complexity index is 483. The number of hydrogen-bond acceptors (Lipinski definition) is 5. The van der Waals surface area contributed by atoms with Gasteiger partial charge < -0.3 is 19.9 Å². The number of hydrogen-bond donors (Lipinski definition) is 2. The van der Waals surface area contributed by atoms with Crippen molar-refractivity contribution >= 4 is 11.9 Å². The van der Waals surface area contributed by atoms with Crippen LogP contribution >= 0.6 is 0 Å². The normalized spacial score (nSPS) is 13.4. The quantitative estimate of drug-likeness (QED) is 0.766. The second-order valence-corrected chi connectivity index (χ2v) is 4.88. The number of aliphatic hydroxyl groups is 1. The highest BCUT2D eigenvalue weighted by molar-refractivity contribution is 5.85. The number of aliphatic hydroxyl groups excluding tert-OH is 1. The van der Waals surface area contributed by atoms with Gasteiger partial charge in [-0.2, -0.15) is 0 Å². The first-order valence-corrected chi connectivity index (χ1v) is 6.61. The van der Waals surface area contributed by atoms with Gasteiger partial charge in [0.1, 0.15) is 11.9 Å². The Kier molecular flexibility index (Phi) is 6.17. The zero-order valence-electron chi connectivity index (χ0n) is 12.6. The summed E-state index contributed by atoms with van der Waals surface area (Å²) in [6.07, 6.45) is -1.20. The highest BCUT2D eigenvalue weighted by atomic mass is 16.5. The maximum absolute atomic E-state index is 11.8. The third-order valence-electron chi connectivity index (χ3n) is 3.05. The molecule has 1 amide bonds. The molecule has 0 aliphatic carbocycles. The van der Waals surface area contributed by atoms with E-state index in [1.54, 1.807) is 38.1 Å². The topological polar surface area (TPSA) is 84.9 Å². The van der Waals surface area contributed by atoms with Crippen molar-refractivity contribution in [1.29, 1.82) is 0 Å². The Morgan fingerprint density at radius 1 is 1.14 bits per heavy atom. The lowest BCUT2D eigenvalue weighted by molar-refractivity contribution is -0.149. The van der Waals surface area contributed by atoms with Crippen molar-refractivity contribution < 1.29 is 24.2 Å². The molecule has 0 aliphatic heterocycles. The molecule has 116 valence electrons. The molecule has 0 fully saturated rings. The molecule has 0 aromatic heterocycles. The SMILES string of the molecule is COC(=O)C(NC(=O)C(C)C)C(O)c1ccc(OC)cc1. The van der Waals surface area contributed by atoms with E-state index in [1.807, 2.05) is 0 Å². The van der Waals surface area contributed by atoms with Crippen LogP contribution in [0.15, 0.2) is 24.3 Å². The molecular formula is C15H21NO5. The number of nitrogens with one attached hydrogen (secondary N) is 1. The third-order valence-corrected chi connectivity index (χ3v) is 3.05. The average Bonchev–Trinajstić information content (AvgIpc) is 2.50. The monoisotopic (exact) mass is 295 g/mol. The zero-order chi connectivity index (χ0) is 16.0. The number of carbonyl (C=O) groups is 2. The molecule has 1 rings (SSSR count). The van der Waals surface area contributed by atoms with Crippen molar-refractivity contribution in [2.24, 2.45) is 5.92 Å². The van der Waals surface area contributed by atoms with Gasteiger partial charge in [0.05, 0.1) is 14.2 Å². The first-order valence-electron chi connectivity index (χ1n) is 6.61. The Morgan fingerprint density at radius 3 is 2.14 bits per heavy atom. The fraction of sp³-hybridized carbons (Fsp3) is 0.467. The molecule has 1 aromatic rings. The van der Waals surface area contributed by atoms with Gasteiger partial charge in [0, 0.05) is 5.92 Å². The average molecular weight is 295 g/mol. The van der Waals surface area contributed by atoms with Crippen LogP contribution < -0.4 is 10.1 Å². The van der Waals surface area contributed by atoms with Gasteiger partial charge in [-0.3, -0.25) is 4.79 Å². The first kappa shape index (κ1) is 17.0. The van der Waals surface area contributed by atoms with Crippen LogP contribution in [0.2, 0.25) is 0 Å². The van der Waals surface area contributed by atoms with Gasteiger partial charge in [-0.25, -0.2) is 4.79 Å². The molecule has 2 N–H and O–H groups in total. The van der Waals surface area contributed by atoms with Crippen LogP contribution in [0.4, 0.5) is 0 Å². The van der Waals surface area contributed by atoms with Gasteiger partial charge in [-0.05, 0) is 17.7 Å². The molecule has 0 spiro atoms. The van der Waals surface area contributed by atoms with Gasteiger partial charge >= 0.3 is 5.97 Å². The first-order chi connectivity index (χ1) is 9.90. The Hall–Kier alpha value is -2.08. The molecule has 0 bridgehead atoms. The molecule has 0 heterocycles. The molecule has 6 nitrogen and oxygen atoms in total. The summed E-state index contributed by atoms with van der Waals surface area (Å²) in [5.74, 6) is -0.711. The van der Waals surface area contributed by atoms with Crippen molar-refractivity contribution in [2.45, 2.75) is 26.0 Å². The summed E-state index contributed by atoms with van der Waals surface area (Å²) in [5, 5.41) is 12.8. The number of amides is 1. The Labute approximate surface area is 124 Å². The van der Waals surface area contributed by atoms with E-state index in [9.17, 15) is 14.7 Å². The number of rotatable bonds is 6. The minimum absolute atomic E-state index is 0.305. The highest BCUT2D eigenvalue weighted by Gasteiger charge is 2.31. The minimum atomic E-state index is -1.20. The lowest BCUT2D eigenvalue weighted by Crippen LogP contribution is -2.47. The molecular weight excluding hydrogens is 274 g/mol. The standard InChI is InChI=1S/C15H21NO5/c1-9(2)14(18)16-12(15(19)21-4)13(17)10-5-7-11(20-3)8-6-10/h5-9,12-13,17H,1-4H3,(H,16,18). The van der Waals surface area contributed by atoms with E-state index in [0.717, 1.165) is 0 Å². The summed E-state index contributed by atoms with van der Waals surface area (Å²) in [4.78, 5) is 23.5. The number of esters is 1. The molecule has 0 saturated carbocycles. The Morgan fingerprint density at radius 2 is 1.71 bits per heavy atom. The second-order valence-electron chi connectivity index (χ2n) is 4.88. The zero-order valence-corrected chi connectivity index (χ0v) is 12.6. The van der Waals surface area contributed by atoms with Gasteiger partial charge in [-0.15, -0.1) is 0 Å². The van der Waals surface area contributed by atoms with E-state index < -0.39 is 18.1 Å². The highest BCUT2D eigenvalue weighted by Crippen LogP contribution is 2.21. The van der Waals surface area contributed by atoms with Gasteiger partial charge in [0.15, 0.2) is 6.04 Å². The Balaban J connectivity index is 2.95. The lowest BCUT2D eigenvalue weighted by Gasteiger charge is -2.23. The van der Waals surface area contributed by atoms with E-state index in [-0.39, 0.29) is 11.8 Å². The third kappa shape index (κ3) is 4.46. The minimum Gasteiger partial charge on any atom is -0.497 e. The van der Waals surface area contributed by atoms with Crippen molar-refractivity contribution in [3.8, 4) is 5.75 Å². The maximum Gasteiger partial charge on any atom is 0.331 e. The summed E-state index contributed by atoms with van der Waals surface area (Å²) >= 11 is 0. The van der Waals surface area contributed by atoms with Crippen LogP contribution in [0.25, 0.3) is 0 Å². The van der Waals surface area contributed by atoms with Crippen molar-refractivity contribution in [3.05, 3.63) is 29.8 Å². The molecule has 1 aromatic carbocycles. The van der Waals surface area contributed by atoms with Gasteiger partial charge in [-0.1, -0.05) is 26.0 Å². The van der Waals surface area contributed by atoms with Crippen LogP contribution in [0.3, 0.4) is 0 Å². The van der Waals surface area contributed by atoms with Gasteiger partial charge in [0.2, 0.25) is 5.91 Å².